The smallest absolute Gasteiger partial charge is 0.407 e. The molecule has 2 aliphatic rings. The molecule has 2 aromatic rings. The Balaban J connectivity index is 1.29. The molecule has 3 N–H and O–H groups in total. The number of hydrogen-bond donors (Lipinski definition) is 3. The Hall–Kier alpha value is -3.35. The van der Waals surface area contributed by atoms with Gasteiger partial charge >= 0.3 is 12.1 Å². The van der Waals surface area contributed by atoms with Gasteiger partial charge in [-0.3, -0.25) is 4.79 Å². The van der Waals surface area contributed by atoms with Crippen LogP contribution in [0.15, 0.2) is 48.5 Å². The van der Waals surface area contributed by atoms with Crippen molar-refractivity contribution in [1.29, 1.82) is 0 Å². The van der Waals surface area contributed by atoms with E-state index in [0.717, 1.165) is 11.1 Å². The fraction of sp³-hybridized carbons (Fsp3) is 0.423. The second kappa shape index (κ2) is 10.1. The number of carboxylic acid groups (broad SMARTS) is 1. The summed E-state index contributed by atoms with van der Waals surface area (Å²) in [4.78, 5) is 36.3. The number of ether oxygens (including phenoxy) is 1. The van der Waals surface area contributed by atoms with E-state index in [9.17, 15) is 19.5 Å². The van der Waals surface area contributed by atoms with Crippen LogP contribution in [0.3, 0.4) is 0 Å². The first kappa shape index (κ1) is 22.8. The molecule has 7 heteroatoms. The summed E-state index contributed by atoms with van der Waals surface area (Å²) in [7, 11) is 0. The Morgan fingerprint density at radius 3 is 2.27 bits per heavy atom. The largest absolute Gasteiger partial charge is 0.480 e. The van der Waals surface area contributed by atoms with Crippen molar-refractivity contribution in [3.8, 4) is 11.1 Å². The predicted octanol–water partition coefficient (Wildman–Crippen LogP) is 4.06. The van der Waals surface area contributed by atoms with Crippen molar-refractivity contribution < 1.29 is 24.2 Å². The number of aliphatic carboxylic acids is 1. The van der Waals surface area contributed by atoms with Crippen LogP contribution in [0.25, 0.3) is 11.1 Å². The standard InChI is InChI=1S/C26H30N2O5/c1-2-7-23(25(30)31)28-24(29)16-12-13-17(14-16)27-26(32)33-15-22-20-10-5-3-8-18(20)19-9-4-6-11-21(19)22/h3-6,8-11,16-17,22-23H,2,7,12-15H2,1H3,(H,27,32)(H,28,29)(H,30,31)/t16-,17+,23+/m1/s1. The van der Waals surface area contributed by atoms with E-state index in [4.69, 9.17) is 4.74 Å². The molecule has 7 nitrogen and oxygen atoms in total. The summed E-state index contributed by atoms with van der Waals surface area (Å²) >= 11 is 0. The Morgan fingerprint density at radius 2 is 1.67 bits per heavy atom. The zero-order chi connectivity index (χ0) is 23.4. The summed E-state index contributed by atoms with van der Waals surface area (Å²) in [6.07, 6.45) is 2.33. The molecule has 0 spiro atoms. The Labute approximate surface area is 193 Å². The van der Waals surface area contributed by atoms with Gasteiger partial charge in [0.05, 0.1) is 0 Å². The van der Waals surface area contributed by atoms with Crippen LogP contribution in [0.5, 0.6) is 0 Å². The molecule has 0 heterocycles. The minimum atomic E-state index is -1.02. The maximum Gasteiger partial charge on any atom is 0.407 e. The summed E-state index contributed by atoms with van der Waals surface area (Å²) in [5.41, 5.74) is 4.66. The fourth-order valence-electron chi connectivity index (χ4n) is 4.99. The highest BCUT2D eigenvalue weighted by Crippen LogP contribution is 2.44. The summed E-state index contributed by atoms with van der Waals surface area (Å²) in [5, 5.41) is 14.8. The minimum absolute atomic E-state index is 0.00299. The highest BCUT2D eigenvalue weighted by molar-refractivity contribution is 5.85. The van der Waals surface area contributed by atoms with Crippen molar-refractivity contribution >= 4 is 18.0 Å². The minimum Gasteiger partial charge on any atom is -0.480 e. The van der Waals surface area contributed by atoms with Crippen molar-refractivity contribution in [2.45, 2.75) is 57.0 Å². The second-order valence-electron chi connectivity index (χ2n) is 8.86. The Kier molecular flexibility index (Phi) is 6.96. The molecule has 2 amide bonds. The molecule has 0 saturated heterocycles. The fourth-order valence-corrected chi connectivity index (χ4v) is 4.99. The second-order valence-corrected chi connectivity index (χ2v) is 8.86. The van der Waals surface area contributed by atoms with E-state index in [1.807, 2.05) is 31.2 Å². The van der Waals surface area contributed by atoms with Crippen molar-refractivity contribution in [3.63, 3.8) is 0 Å². The lowest BCUT2D eigenvalue weighted by molar-refractivity contribution is -0.142. The number of carbonyl (C=O) groups is 3. The van der Waals surface area contributed by atoms with E-state index in [0.29, 0.717) is 32.1 Å². The molecule has 0 bridgehead atoms. The van der Waals surface area contributed by atoms with Gasteiger partial charge in [0.25, 0.3) is 0 Å². The number of benzene rings is 2. The van der Waals surface area contributed by atoms with Crippen LogP contribution < -0.4 is 10.6 Å². The van der Waals surface area contributed by atoms with E-state index in [1.165, 1.54) is 11.1 Å². The van der Waals surface area contributed by atoms with Crippen LogP contribution in [0.1, 0.15) is 56.1 Å². The quantitative estimate of drug-likeness (QED) is 0.563. The normalized spacial score (nSPS) is 19.9. The molecule has 1 fully saturated rings. The number of carboxylic acids is 1. The summed E-state index contributed by atoms with van der Waals surface area (Å²) in [6.45, 7) is 2.12. The average molecular weight is 451 g/mol. The van der Waals surface area contributed by atoms with Gasteiger partial charge in [-0.05, 0) is 47.9 Å². The van der Waals surface area contributed by atoms with Gasteiger partial charge in [-0.15, -0.1) is 0 Å². The maximum atomic E-state index is 12.5. The van der Waals surface area contributed by atoms with Crippen LogP contribution >= 0.6 is 0 Å². The Morgan fingerprint density at radius 1 is 1.03 bits per heavy atom. The Bertz CT molecular complexity index is 991. The third-order valence-corrected chi connectivity index (χ3v) is 6.66. The van der Waals surface area contributed by atoms with Gasteiger partial charge in [-0.25, -0.2) is 9.59 Å². The molecule has 0 aromatic heterocycles. The van der Waals surface area contributed by atoms with Gasteiger partial charge in [0.1, 0.15) is 12.6 Å². The maximum absolute atomic E-state index is 12.5. The lowest BCUT2D eigenvalue weighted by Gasteiger charge is -2.18. The molecule has 2 aliphatic carbocycles. The summed E-state index contributed by atoms with van der Waals surface area (Å²) in [5.74, 6) is -1.58. The molecule has 0 radical (unpaired) electrons. The van der Waals surface area contributed by atoms with Crippen LogP contribution in [0.4, 0.5) is 4.79 Å². The van der Waals surface area contributed by atoms with Gasteiger partial charge in [0.2, 0.25) is 5.91 Å². The molecule has 3 atom stereocenters. The van der Waals surface area contributed by atoms with Crippen molar-refractivity contribution in [1.82, 2.24) is 10.6 Å². The molecule has 0 unspecified atom stereocenters. The molecule has 0 aliphatic heterocycles. The van der Waals surface area contributed by atoms with Gasteiger partial charge < -0.3 is 20.5 Å². The third kappa shape index (κ3) is 5.02. The number of nitrogens with one attached hydrogen (secondary N) is 2. The monoisotopic (exact) mass is 450 g/mol. The number of amides is 2. The van der Waals surface area contributed by atoms with E-state index in [2.05, 4.69) is 34.9 Å². The summed E-state index contributed by atoms with van der Waals surface area (Å²) < 4.78 is 5.60. The van der Waals surface area contributed by atoms with Gasteiger partial charge in [-0.1, -0.05) is 61.9 Å². The summed E-state index contributed by atoms with van der Waals surface area (Å²) in [6, 6.07) is 15.3. The van der Waals surface area contributed by atoms with Gasteiger partial charge in [0, 0.05) is 17.9 Å². The highest BCUT2D eigenvalue weighted by atomic mass is 16.5. The molecular weight excluding hydrogens is 420 g/mol. The van der Waals surface area contributed by atoms with Crippen molar-refractivity contribution in [2.75, 3.05) is 6.61 Å². The first-order chi connectivity index (χ1) is 16.0. The SMILES string of the molecule is CCC[C@H](NC(=O)[C@@H]1CC[C@H](NC(=O)OCC2c3ccccc3-c3ccccc32)C1)C(=O)O. The van der Waals surface area contributed by atoms with Crippen LogP contribution in [-0.4, -0.2) is 41.8 Å². The zero-order valence-electron chi connectivity index (χ0n) is 18.8. The number of rotatable bonds is 8. The van der Waals surface area contributed by atoms with Crippen LogP contribution in [0, 0.1) is 5.92 Å². The first-order valence-corrected chi connectivity index (χ1v) is 11.6. The van der Waals surface area contributed by atoms with E-state index in [-0.39, 0.29) is 30.4 Å². The number of hydrogen-bond acceptors (Lipinski definition) is 4. The molecule has 2 aromatic carbocycles. The van der Waals surface area contributed by atoms with Crippen molar-refractivity contribution in [3.05, 3.63) is 59.7 Å². The molecule has 33 heavy (non-hydrogen) atoms. The predicted molar refractivity (Wildman–Crippen MR) is 124 cm³/mol. The topological polar surface area (TPSA) is 105 Å². The van der Waals surface area contributed by atoms with Crippen molar-refractivity contribution in [2.24, 2.45) is 5.92 Å². The highest BCUT2D eigenvalue weighted by Gasteiger charge is 2.34. The molecule has 1 saturated carbocycles. The molecule has 4 rings (SSSR count). The van der Waals surface area contributed by atoms with E-state index in [1.54, 1.807) is 0 Å². The van der Waals surface area contributed by atoms with Gasteiger partial charge in [-0.2, -0.15) is 0 Å². The number of fused-ring (bicyclic) bond motifs is 3. The number of carbonyl (C=O) groups excluding carboxylic acids is 2. The molecule has 174 valence electrons. The lowest BCUT2D eigenvalue weighted by Crippen LogP contribution is -2.43. The first-order valence-electron chi connectivity index (χ1n) is 11.6. The van der Waals surface area contributed by atoms with E-state index < -0.39 is 18.1 Å². The lowest BCUT2D eigenvalue weighted by atomic mass is 9.98. The van der Waals surface area contributed by atoms with Crippen LogP contribution in [-0.2, 0) is 14.3 Å². The third-order valence-electron chi connectivity index (χ3n) is 6.66. The average Bonchev–Trinajstić information content (AvgIpc) is 3.40. The van der Waals surface area contributed by atoms with Gasteiger partial charge in [0.15, 0.2) is 0 Å². The molecular formula is C26H30N2O5. The van der Waals surface area contributed by atoms with E-state index >= 15 is 0 Å². The number of alkyl carbamates (subject to hydrolysis) is 1. The zero-order valence-corrected chi connectivity index (χ0v) is 18.8. The van der Waals surface area contributed by atoms with Crippen LogP contribution in [0.2, 0.25) is 0 Å².